The van der Waals surface area contributed by atoms with E-state index in [1.165, 1.54) is 0 Å². The van der Waals surface area contributed by atoms with Crippen LogP contribution in [0.1, 0.15) is 6.92 Å². The largest absolute Gasteiger partial charge is 0.334 e. The molecule has 1 atom stereocenters. The maximum absolute atomic E-state index is 11.9. The number of rotatable bonds is 4. The summed E-state index contributed by atoms with van der Waals surface area (Å²) in [7, 11) is 2.14. The summed E-state index contributed by atoms with van der Waals surface area (Å²) in [6.07, 6.45) is 0. The van der Waals surface area contributed by atoms with E-state index in [4.69, 9.17) is 11.6 Å². The molecular weight excluding hydrogens is 288 g/mol. The van der Waals surface area contributed by atoms with Gasteiger partial charge >= 0.3 is 6.03 Å². The van der Waals surface area contributed by atoms with Crippen molar-refractivity contribution >= 4 is 23.3 Å². The van der Waals surface area contributed by atoms with E-state index < -0.39 is 0 Å². The zero-order valence-corrected chi connectivity index (χ0v) is 13.4. The van der Waals surface area contributed by atoms with Crippen molar-refractivity contribution in [3.8, 4) is 0 Å². The van der Waals surface area contributed by atoms with Crippen LogP contribution in [0.25, 0.3) is 0 Å². The second-order valence-corrected chi connectivity index (χ2v) is 6.05. The van der Waals surface area contributed by atoms with Crippen LogP contribution >= 0.6 is 11.6 Å². The molecule has 1 aromatic rings. The molecule has 0 radical (unpaired) electrons. The molecule has 0 saturated carbocycles. The third-order valence-corrected chi connectivity index (χ3v) is 3.82. The molecule has 1 unspecified atom stereocenters. The van der Waals surface area contributed by atoms with Gasteiger partial charge in [0, 0.05) is 49.5 Å². The van der Waals surface area contributed by atoms with E-state index in [1.807, 2.05) is 19.1 Å². The van der Waals surface area contributed by atoms with E-state index in [2.05, 4.69) is 27.5 Å². The topological polar surface area (TPSA) is 47.6 Å². The van der Waals surface area contributed by atoms with Gasteiger partial charge in [0.1, 0.15) is 0 Å². The molecule has 1 fully saturated rings. The van der Waals surface area contributed by atoms with Crippen LogP contribution in [0.5, 0.6) is 0 Å². The molecule has 21 heavy (non-hydrogen) atoms. The Labute approximate surface area is 131 Å². The number of nitrogens with one attached hydrogen (secondary N) is 2. The first-order chi connectivity index (χ1) is 10.0. The summed E-state index contributed by atoms with van der Waals surface area (Å²) in [5.74, 6) is 0. The van der Waals surface area contributed by atoms with Gasteiger partial charge in [0.15, 0.2) is 0 Å². The fourth-order valence-electron chi connectivity index (χ4n) is 2.42. The van der Waals surface area contributed by atoms with E-state index in [1.54, 1.807) is 12.1 Å². The molecule has 6 heteroatoms. The Hall–Kier alpha value is -1.30. The number of nitrogens with zero attached hydrogens (tertiary/aromatic N) is 2. The van der Waals surface area contributed by atoms with Gasteiger partial charge in [-0.25, -0.2) is 4.79 Å². The minimum atomic E-state index is -0.195. The number of urea groups is 1. The highest BCUT2D eigenvalue weighted by Crippen LogP contribution is 2.14. The van der Waals surface area contributed by atoms with Crippen molar-refractivity contribution in [1.82, 2.24) is 15.1 Å². The average molecular weight is 311 g/mol. The van der Waals surface area contributed by atoms with Crippen molar-refractivity contribution in [2.45, 2.75) is 13.0 Å². The molecule has 1 saturated heterocycles. The van der Waals surface area contributed by atoms with Gasteiger partial charge in [0.2, 0.25) is 0 Å². The zero-order valence-electron chi connectivity index (χ0n) is 12.6. The van der Waals surface area contributed by atoms with Crippen molar-refractivity contribution < 1.29 is 4.79 Å². The lowest BCUT2D eigenvalue weighted by Crippen LogP contribution is -2.50. The van der Waals surface area contributed by atoms with Crippen LogP contribution in [0.15, 0.2) is 24.3 Å². The standard InChI is InChI=1S/C15H23ClN4O/c1-12(11-20-8-6-19(2)7-9-20)17-15(21)18-14-5-3-4-13(16)10-14/h3-5,10,12H,6-9,11H2,1-2H3,(H2,17,18,21). The third-order valence-electron chi connectivity index (χ3n) is 3.59. The molecule has 1 aliphatic heterocycles. The van der Waals surface area contributed by atoms with E-state index in [9.17, 15) is 4.79 Å². The van der Waals surface area contributed by atoms with Crippen LogP contribution in [-0.4, -0.2) is 61.6 Å². The second-order valence-electron chi connectivity index (χ2n) is 5.61. The van der Waals surface area contributed by atoms with Crippen molar-refractivity contribution in [2.75, 3.05) is 45.1 Å². The number of likely N-dealkylation sites (N-methyl/N-ethyl adjacent to an activating group) is 1. The average Bonchev–Trinajstić information content (AvgIpc) is 2.41. The zero-order chi connectivity index (χ0) is 15.2. The van der Waals surface area contributed by atoms with Gasteiger partial charge in [-0.2, -0.15) is 0 Å². The maximum Gasteiger partial charge on any atom is 0.319 e. The monoisotopic (exact) mass is 310 g/mol. The van der Waals surface area contributed by atoms with Gasteiger partial charge in [-0.1, -0.05) is 17.7 Å². The Morgan fingerprint density at radius 2 is 2.05 bits per heavy atom. The second kappa shape index (κ2) is 7.64. The normalized spacial score (nSPS) is 18.2. The van der Waals surface area contributed by atoms with Gasteiger partial charge in [-0.15, -0.1) is 0 Å². The number of halogens is 1. The first-order valence-electron chi connectivity index (χ1n) is 7.27. The Balaban J connectivity index is 1.74. The van der Waals surface area contributed by atoms with Crippen LogP contribution in [0, 0.1) is 0 Å². The summed E-state index contributed by atoms with van der Waals surface area (Å²) < 4.78 is 0. The number of piperazine rings is 1. The van der Waals surface area contributed by atoms with Crippen LogP contribution in [0.2, 0.25) is 5.02 Å². The molecule has 2 amide bonds. The van der Waals surface area contributed by atoms with Crippen molar-refractivity contribution in [1.29, 1.82) is 0 Å². The fraction of sp³-hybridized carbons (Fsp3) is 0.533. The lowest BCUT2D eigenvalue weighted by Gasteiger charge is -2.34. The highest BCUT2D eigenvalue weighted by Gasteiger charge is 2.17. The molecule has 0 bridgehead atoms. The summed E-state index contributed by atoms with van der Waals surface area (Å²) in [5.41, 5.74) is 0.701. The number of amides is 2. The van der Waals surface area contributed by atoms with Crippen LogP contribution < -0.4 is 10.6 Å². The highest BCUT2D eigenvalue weighted by atomic mass is 35.5. The molecule has 116 valence electrons. The molecule has 0 aromatic heterocycles. The predicted octanol–water partition coefficient (Wildman–Crippen LogP) is 2.10. The van der Waals surface area contributed by atoms with Crippen LogP contribution in [-0.2, 0) is 0 Å². The van der Waals surface area contributed by atoms with E-state index in [-0.39, 0.29) is 12.1 Å². The van der Waals surface area contributed by atoms with Crippen LogP contribution in [0.4, 0.5) is 10.5 Å². The molecule has 0 aliphatic carbocycles. The Bertz CT molecular complexity index is 474. The predicted molar refractivity (Wildman–Crippen MR) is 87.0 cm³/mol. The fourth-order valence-corrected chi connectivity index (χ4v) is 2.61. The number of benzene rings is 1. The molecule has 1 aromatic carbocycles. The van der Waals surface area contributed by atoms with Gasteiger partial charge < -0.3 is 15.5 Å². The molecule has 2 N–H and O–H groups in total. The van der Waals surface area contributed by atoms with Crippen molar-refractivity contribution in [3.63, 3.8) is 0 Å². The minimum absolute atomic E-state index is 0.104. The van der Waals surface area contributed by atoms with E-state index in [0.29, 0.717) is 10.7 Å². The van der Waals surface area contributed by atoms with Gasteiger partial charge in [0.25, 0.3) is 0 Å². The summed E-state index contributed by atoms with van der Waals surface area (Å²) in [6, 6.07) is 7.04. The Kier molecular flexibility index (Phi) is 5.85. The summed E-state index contributed by atoms with van der Waals surface area (Å²) in [6.45, 7) is 7.17. The number of carbonyl (C=O) groups excluding carboxylic acids is 1. The minimum Gasteiger partial charge on any atom is -0.334 e. The lowest BCUT2D eigenvalue weighted by atomic mass is 10.2. The Morgan fingerprint density at radius 3 is 2.71 bits per heavy atom. The first kappa shape index (κ1) is 16.1. The molecule has 0 spiro atoms. The third kappa shape index (κ3) is 5.53. The number of carbonyl (C=O) groups is 1. The van der Waals surface area contributed by atoms with Gasteiger partial charge in [-0.3, -0.25) is 4.90 Å². The van der Waals surface area contributed by atoms with Crippen molar-refractivity contribution in [2.24, 2.45) is 0 Å². The summed E-state index contributed by atoms with van der Waals surface area (Å²) >= 11 is 5.89. The first-order valence-corrected chi connectivity index (χ1v) is 7.65. The number of hydrogen-bond acceptors (Lipinski definition) is 3. The number of anilines is 1. The Morgan fingerprint density at radius 1 is 1.33 bits per heavy atom. The SMILES string of the molecule is CC(CN1CCN(C)CC1)NC(=O)Nc1cccc(Cl)c1. The van der Waals surface area contributed by atoms with Gasteiger partial charge in [-0.05, 0) is 32.2 Å². The lowest BCUT2D eigenvalue weighted by molar-refractivity contribution is 0.145. The highest BCUT2D eigenvalue weighted by molar-refractivity contribution is 6.30. The van der Waals surface area contributed by atoms with Gasteiger partial charge in [0.05, 0.1) is 0 Å². The molecule has 1 heterocycles. The van der Waals surface area contributed by atoms with Crippen LogP contribution in [0.3, 0.4) is 0 Å². The number of hydrogen-bond donors (Lipinski definition) is 2. The smallest absolute Gasteiger partial charge is 0.319 e. The van der Waals surface area contributed by atoms with E-state index >= 15 is 0 Å². The van der Waals surface area contributed by atoms with Crippen molar-refractivity contribution in [3.05, 3.63) is 29.3 Å². The molecule has 1 aliphatic rings. The molecule has 5 nitrogen and oxygen atoms in total. The molecular formula is C15H23ClN4O. The quantitative estimate of drug-likeness (QED) is 0.895. The van der Waals surface area contributed by atoms with E-state index in [0.717, 1.165) is 32.7 Å². The molecule has 2 rings (SSSR count). The summed E-state index contributed by atoms with van der Waals surface area (Å²) in [5, 5.41) is 6.36. The maximum atomic E-state index is 11.9. The summed E-state index contributed by atoms with van der Waals surface area (Å²) in [4.78, 5) is 16.6.